The van der Waals surface area contributed by atoms with E-state index in [2.05, 4.69) is 6.92 Å². The molecular weight excluding hydrogens is 376 g/mol. The van der Waals surface area contributed by atoms with Gasteiger partial charge in [0.25, 0.3) is 0 Å². The van der Waals surface area contributed by atoms with E-state index in [4.69, 9.17) is 5.11 Å². The molecule has 30 heavy (non-hydrogen) atoms. The van der Waals surface area contributed by atoms with Crippen LogP contribution in [0.15, 0.2) is 18.2 Å². The van der Waals surface area contributed by atoms with Crippen molar-refractivity contribution in [1.29, 1.82) is 0 Å². The normalized spacial score (nSPS) is 12.1. The molecule has 1 aromatic rings. The Balaban J connectivity index is 2.15. The van der Waals surface area contributed by atoms with Gasteiger partial charge in [-0.1, -0.05) is 103 Å². The summed E-state index contributed by atoms with van der Waals surface area (Å²) < 4.78 is 0. The van der Waals surface area contributed by atoms with Crippen LogP contribution in [0.2, 0.25) is 0 Å². The second-order valence-electron chi connectivity index (χ2n) is 8.65. The van der Waals surface area contributed by atoms with Gasteiger partial charge in [0.15, 0.2) is 0 Å². The lowest BCUT2D eigenvalue weighted by molar-refractivity contribution is -0.139. The molecule has 1 unspecified atom stereocenters. The number of carbonyl (C=O) groups is 2. The minimum absolute atomic E-state index is 0.205. The Morgan fingerprint density at radius 2 is 1.23 bits per heavy atom. The third-order valence-corrected chi connectivity index (χ3v) is 6.04. The number of benzene rings is 1. The molecule has 0 heterocycles. The summed E-state index contributed by atoms with van der Waals surface area (Å²) in [6, 6.07) is 4.74. The Bertz CT molecular complexity index is 623. The van der Waals surface area contributed by atoms with E-state index in [0.717, 1.165) is 24.0 Å². The summed E-state index contributed by atoms with van der Waals surface area (Å²) in [7, 11) is 0. The molecule has 0 aromatic heterocycles. The topological polar surface area (TPSA) is 74.6 Å². The summed E-state index contributed by atoms with van der Waals surface area (Å²) in [5.41, 5.74) is 1.69. The molecule has 0 aliphatic heterocycles. The molecule has 0 saturated carbocycles. The zero-order chi connectivity index (χ0) is 22.2. The van der Waals surface area contributed by atoms with Crippen molar-refractivity contribution in [3.63, 3.8) is 0 Å². The predicted molar refractivity (Wildman–Crippen MR) is 123 cm³/mol. The lowest BCUT2D eigenvalue weighted by Crippen LogP contribution is -2.13. The van der Waals surface area contributed by atoms with Crippen molar-refractivity contribution >= 4 is 11.9 Å². The first kappa shape index (κ1) is 26.2. The smallest absolute Gasteiger partial charge is 0.335 e. The molecule has 170 valence electrons. The number of hydrogen-bond acceptors (Lipinski definition) is 2. The van der Waals surface area contributed by atoms with E-state index in [1.165, 1.54) is 83.1 Å². The summed E-state index contributed by atoms with van der Waals surface area (Å²) in [6.45, 7) is 4.05. The Kier molecular flexibility index (Phi) is 13.9. The Morgan fingerprint density at radius 1 is 0.767 bits per heavy atom. The molecule has 0 saturated heterocycles. The minimum atomic E-state index is -0.983. The largest absolute Gasteiger partial charge is 0.481 e. The Morgan fingerprint density at radius 3 is 1.63 bits per heavy atom. The van der Waals surface area contributed by atoms with Crippen LogP contribution in [0.1, 0.15) is 131 Å². The summed E-state index contributed by atoms with van der Waals surface area (Å²) in [5.74, 6) is -2.36. The number of hydrogen-bond donors (Lipinski definition) is 2. The molecular formula is C26H42O4. The van der Waals surface area contributed by atoms with E-state index in [0.29, 0.717) is 6.42 Å². The van der Waals surface area contributed by atoms with E-state index in [9.17, 15) is 14.7 Å². The van der Waals surface area contributed by atoms with Crippen molar-refractivity contribution in [1.82, 2.24) is 0 Å². The van der Waals surface area contributed by atoms with Crippen molar-refractivity contribution in [2.75, 3.05) is 0 Å². The standard InChI is InChI=1S/C26H42O4/c1-3-4-5-6-7-8-9-10-11-12-13-14-15-16-17-24(26(29)30)23-19-18-22(25(27)28)20-21(23)2/h18-20,24H,3-17H2,1-2H3,(H,27,28)(H,29,30). The maximum atomic E-state index is 11.7. The van der Waals surface area contributed by atoms with Crippen LogP contribution in [-0.2, 0) is 4.79 Å². The quantitative estimate of drug-likeness (QED) is 0.239. The maximum Gasteiger partial charge on any atom is 0.335 e. The van der Waals surface area contributed by atoms with E-state index in [1.54, 1.807) is 19.1 Å². The van der Waals surface area contributed by atoms with Crippen molar-refractivity contribution in [2.45, 2.75) is 116 Å². The highest BCUT2D eigenvalue weighted by Gasteiger charge is 2.21. The highest BCUT2D eigenvalue weighted by Crippen LogP contribution is 2.27. The predicted octanol–water partition coefficient (Wildman–Crippen LogP) is 7.73. The van der Waals surface area contributed by atoms with Gasteiger partial charge in [0.2, 0.25) is 0 Å². The van der Waals surface area contributed by atoms with Gasteiger partial charge in [0, 0.05) is 0 Å². The minimum Gasteiger partial charge on any atom is -0.481 e. The lowest BCUT2D eigenvalue weighted by atomic mass is 9.89. The van der Waals surface area contributed by atoms with Gasteiger partial charge in [-0.2, -0.15) is 0 Å². The number of rotatable bonds is 18. The highest BCUT2D eigenvalue weighted by molar-refractivity contribution is 5.88. The van der Waals surface area contributed by atoms with Crippen LogP contribution in [0, 0.1) is 6.92 Å². The second kappa shape index (κ2) is 15.9. The van der Waals surface area contributed by atoms with Crippen LogP contribution in [-0.4, -0.2) is 22.2 Å². The van der Waals surface area contributed by atoms with E-state index in [1.807, 2.05) is 0 Å². The summed E-state index contributed by atoms with van der Waals surface area (Å²) in [6.07, 6.45) is 18.6. The SMILES string of the molecule is CCCCCCCCCCCCCCCCC(C(=O)O)c1ccc(C(=O)O)cc1C. The van der Waals surface area contributed by atoms with Crippen molar-refractivity contribution < 1.29 is 19.8 Å². The number of aromatic carboxylic acids is 1. The van der Waals surface area contributed by atoms with Crippen LogP contribution < -0.4 is 0 Å². The van der Waals surface area contributed by atoms with Crippen LogP contribution >= 0.6 is 0 Å². The number of carboxylic acids is 2. The van der Waals surface area contributed by atoms with E-state index in [-0.39, 0.29) is 5.56 Å². The Hall–Kier alpha value is -1.84. The van der Waals surface area contributed by atoms with Gasteiger partial charge < -0.3 is 10.2 Å². The van der Waals surface area contributed by atoms with Crippen LogP contribution in [0.3, 0.4) is 0 Å². The summed E-state index contributed by atoms with van der Waals surface area (Å²) >= 11 is 0. The summed E-state index contributed by atoms with van der Waals surface area (Å²) in [4.78, 5) is 22.8. The number of unbranched alkanes of at least 4 members (excludes halogenated alkanes) is 13. The molecule has 1 atom stereocenters. The second-order valence-corrected chi connectivity index (χ2v) is 8.65. The first-order chi connectivity index (χ1) is 14.5. The molecule has 0 bridgehead atoms. The molecule has 0 aliphatic rings. The lowest BCUT2D eigenvalue weighted by Gasteiger charge is -2.16. The fourth-order valence-corrected chi connectivity index (χ4v) is 4.15. The van der Waals surface area contributed by atoms with Gasteiger partial charge in [-0.05, 0) is 36.6 Å². The number of aliphatic carboxylic acids is 1. The average Bonchev–Trinajstić information content (AvgIpc) is 2.71. The molecule has 0 radical (unpaired) electrons. The average molecular weight is 419 g/mol. The fraction of sp³-hybridized carbons (Fsp3) is 0.692. The first-order valence-electron chi connectivity index (χ1n) is 12.0. The van der Waals surface area contributed by atoms with Gasteiger partial charge in [0.1, 0.15) is 0 Å². The van der Waals surface area contributed by atoms with Crippen LogP contribution in [0.25, 0.3) is 0 Å². The van der Waals surface area contributed by atoms with Gasteiger partial charge in [-0.25, -0.2) is 4.79 Å². The van der Waals surface area contributed by atoms with Gasteiger partial charge >= 0.3 is 11.9 Å². The Labute approximate surface area is 183 Å². The van der Waals surface area contributed by atoms with Gasteiger partial charge in [-0.3, -0.25) is 4.79 Å². The molecule has 0 amide bonds. The zero-order valence-corrected chi connectivity index (χ0v) is 19.1. The molecule has 2 N–H and O–H groups in total. The molecule has 1 rings (SSSR count). The molecule has 1 aromatic carbocycles. The third-order valence-electron chi connectivity index (χ3n) is 6.04. The van der Waals surface area contributed by atoms with Gasteiger partial charge in [0.05, 0.1) is 11.5 Å². The molecule has 0 spiro atoms. The van der Waals surface area contributed by atoms with Crippen LogP contribution in [0.4, 0.5) is 0 Å². The molecule has 4 nitrogen and oxygen atoms in total. The molecule has 4 heteroatoms. The first-order valence-corrected chi connectivity index (χ1v) is 12.0. The van der Waals surface area contributed by atoms with Gasteiger partial charge in [-0.15, -0.1) is 0 Å². The number of aryl methyl sites for hydroxylation is 1. The van der Waals surface area contributed by atoms with Crippen LogP contribution in [0.5, 0.6) is 0 Å². The summed E-state index contributed by atoms with van der Waals surface area (Å²) in [5, 5.41) is 18.7. The fourth-order valence-electron chi connectivity index (χ4n) is 4.15. The van der Waals surface area contributed by atoms with Crippen molar-refractivity contribution in [3.05, 3.63) is 34.9 Å². The molecule has 0 fully saturated rings. The monoisotopic (exact) mass is 418 g/mol. The van der Waals surface area contributed by atoms with Crippen molar-refractivity contribution in [2.24, 2.45) is 0 Å². The maximum absolute atomic E-state index is 11.7. The third kappa shape index (κ3) is 10.8. The van der Waals surface area contributed by atoms with E-state index >= 15 is 0 Å². The van der Waals surface area contributed by atoms with E-state index < -0.39 is 17.9 Å². The zero-order valence-electron chi connectivity index (χ0n) is 19.1. The van der Waals surface area contributed by atoms with Crippen molar-refractivity contribution in [3.8, 4) is 0 Å². The highest BCUT2D eigenvalue weighted by atomic mass is 16.4. The number of carboxylic acid groups (broad SMARTS) is 2. The molecule has 0 aliphatic carbocycles.